The van der Waals surface area contributed by atoms with Crippen molar-refractivity contribution in [1.82, 2.24) is 4.90 Å². The van der Waals surface area contributed by atoms with Crippen molar-refractivity contribution in [3.8, 4) is 0 Å². The Balaban J connectivity index is 2.36. The first-order valence-corrected chi connectivity index (χ1v) is 12.2. The topological polar surface area (TPSA) is 38.8 Å². The molecule has 7 heteroatoms. The molecule has 0 bridgehead atoms. The van der Waals surface area contributed by atoms with Gasteiger partial charge in [-0.25, -0.2) is 4.79 Å². The molecule has 168 valence electrons. The lowest BCUT2D eigenvalue weighted by molar-refractivity contribution is 0.110. The van der Waals surface area contributed by atoms with E-state index in [1.165, 1.54) is 4.90 Å². The second-order valence-electron chi connectivity index (χ2n) is 8.59. The smallest absolute Gasteiger partial charge is 0.412 e. The minimum Gasteiger partial charge on any atom is -0.412 e. The number of benzene rings is 2. The van der Waals surface area contributed by atoms with Crippen LogP contribution in [0.1, 0.15) is 34.6 Å². The summed E-state index contributed by atoms with van der Waals surface area (Å²) in [6.07, 6.45) is -2.71. The Kier molecular flexibility index (Phi) is 8.53. The average molecular weight is 448 g/mol. The Labute approximate surface area is 184 Å². The van der Waals surface area contributed by atoms with Crippen LogP contribution in [-0.4, -0.2) is 38.5 Å². The van der Waals surface area contributed by atoms with Crippen LogP contribution in [-0.2, 0) is 9.16 Å². The summed E-state index contributed by atoms with van der Waals surface area (Å²) in [5.41, 5.74) is 0. The normalized spacial score (nSPS) is 11.9. The van der Waals surface area contributed by atoms with Crippen LogP contribution in [0.4, 0.5) is 13.6 Å². The Bertz CT molecular complexity index is 824. The summed E-state index contributed by atoms with van der Waals surface area (Å²) in [5.74, 6) is 0. The lowest BCUT2D eigenvalue weighted by atomic mass is 10.2. The zero-order valence-corrected chi connectivity index (χ0v) is 19.8. The van der Waals surface area contributed by atoms with Crippen LogP contribution >= 0.6 is 0 Å². The Morgan fingerprint density at radius 1 is 1.00 bits per heavy atom. The van der Waals surface area contributed by atoms with E-state index in [-0.39, 0.29) is 30.5 Å². The highest BCUT2D eigenvalue weighted by molar-refractivity contribution is 6.99. The van der Waals surface area contributed by atoms with Crippen LogP contribution in [0, 0.1) is 0 Å². The van der Waals surface area contributed by atoms with Gasteiger partial charge in [0, 0.05) is 12.6 Å². The van der Waals surface area contributed by atoms with Crippen molar-refractivity contribution in [3.05, 3.63) is 73.0 Å². The van der Waals surface area contributed by atoms with Gasteiger partial charge in [-0.05, 0) is 29.3 Å². The number of nitrogens with zero attached hydrogens (tertiary/aromatic N) is 1. The monoisotopic (exact) mass is 447 g/mol. The fourth-order valence-electron chi connectivity index (χ4n) is 3.78. The van der Waals surface area contributed by atoms with E-state index < -0.39 is 20.5 Å². The third kappa shape index (κ3) is 6.01. The second kappa shape index (κ2) is 10.7. The lowest BCUT2D eigenvalue weighted by Crippen LogP contribution is -2.67. The highest BCUT2D eigenvalue weighted by atomic mass is 28.4. The van der Waals surface area contributed by atoms with Gasteiger partial charge < -0.3 is 14.1 Å². The van der Waals surface area contributed by atoms with Gasteiger partial charge in [-0.15, -0.1) is 0 Å². The van der Waals surface area contributed by atoms with Gasteiger partial charge >= 0.3 is 12.2 Å². The standard InChI is InChI=1S/C24H31F2NO3Si/c1-19(2)27(23(28)29-18-22(25)26)16-17-30-31(24(3,4)5,20-12-8-6-9-13-20)21-14-10-7-11-15-21/h6-15,18-19H,16-17H2,1-5H3. The molecule has 0 unspecified atom stereocenters. The van der Waals surface area contributed by atoms with Crippen molar-refractivity contribution in [2.24, 2.45) is 0 Å². The van der Waals surface area contributed by atoms with Crippen molar-refractivity contribution < 1.29 is 22.7 Å². The molecule has 0 saturated heterocycles. The van der Waals surface area contributed by atoms with Crippen LogP contribution in [0.5, 0.6) is 0 Å². The van der Waals surface area contributed by atoms with Crippen LogP contribution in [0.25, 0.3) is 0 Å². The van der Waals surface area contributed by atoms with Crippen LogP contribution < -0.4 is 10.4 Å². The summed E-state index contributed by atoms with van der Waals surface area (Å²) in [6, 6.07) is 20.1. The number of carbonyl (C=O) groups excluding carboxylic acids is 1. The number of amides is 1. The minimum absolute atomic E-state index is 0.167. The second-order valence-corrected chi connectivity index (χ2v) is 12.9. The first-order chi connectivity index (χ1) is 14.6. The summed E-state index contributed by atoms with van der Waals surface area (Å²) in [7, 11) is -2.73. The maximum Gasteiger partial charge on any atom is 0.415 e. The number of hydrogen-bond acceptors (Lipinski definition) is 3. The van der Waals surface area contributed by atoms with Crippen molar-refractivity contribution in [3.63, 3.8) is 0 Å². The van der Waals surface area contributed by atoms with Gasteiger partial charge in [-0.3, -0.25) is 0 Å². The number of rotatable bonds is 8. The molecular weight excluding hydrogens is 416 g/mol. The number of hydrogen-bond donors (Lipinski definition) is 0. The minimum atomic E-state index is -2.73. The molecule has 0 saturated carbocycles. The molecule has 0 aromatic heterocycles. The third-order valence-electron chi connectivity index (χ3n) is 5.17. The molecule has 0 aliphatic heterocycles. The van der Waals surface area contributed by atoms with Crippen LogP contribution in [0.3, 0.4) is 0 Å². The van der Waals surface area contributed by atoms with Crippen molar-refractivity contribution >= 4 is 24.8 Å². The lowest BCUT2D eigenvalue weighted by Gasteiger charge is -2.43. The van der Waals surface area contributed by atoms with Gasteiger partial charge in [0.05, 0.1) is 6.61 Å². The quantitative estimate of drug-likeness (QED) is 0.415. The Morgan fingerprint density at radius 3 is 1.87 bits per heavy atom. The average Bonchev–Trinajstić information content (AvgIpc) is 2.72. The molecule has 2 aromatic rings. The molecule has 4 nitrogen and oxygen atoms in total. The maximum atomic E-state index is 12.3. The molecular formula is C24H31F2NO3Si. The van der Waals surface area contributed by atoms with E-state index >= 15 is 0 Å². The van der Waals surface area contributed by atoms with Crippen molar-refractivity contribution in [2.45, 2.75) is 45.7 Å². The number of carbonyl (C=O) groups is 1. The summed E-state index contributed by atoms with van der Waals surface area (Å²) in [4.78, 5) is 13.6. The third-order valence-corrected chi connectivity index (χ3v) is 10.2. The molecule has 31 heavy (non-hydrogen) atoms. The van der Waals surface area contributed by atoms with Gasteiger partial charge in [0.2, 0.25) is 0 Å². The predicted molar refractivity (Wildman–Crippen MR) is 122 cm³/mol. The van der Waals surface area contributed by atoms with Gasteiger partial charge in [0.1, 0.15) is 0 Å². The molecule has 2 rings (SSSR count). The molecule has 0 heterocycles. The van der Waals surface area contributed by atoms with Crippen molar-refractivity contribution in [2.75, 3.05) is 13.2 Å². The largest absolute Gasteiger partial charge is 0.415 e. The SMILES string of the molecule is CC(C)N(CCO[Si](c1ccccc1)(c1ccccc1)C(C)(C)C)C(=O)OC=C(F)F. The van der Waals surface area contributed by atoms with Crippen molar-refractivity contribution in [1.29, 1.82) is 0 Å². The molecule has 1 amide bonds. The van der Waals surface area contributed by atoms with E-state index in [0.717, 1.165) is 10.4 Å². The van der Waals surface area contributed by atoms with Gasteiger partial charge in [-0.2, -0.15) is 8.78 Å². The molecule has 0 aliphatic rings. The zero-order valence-electron chi connectivity index (χ0n) is 18.8. The Morgan fingerprint density at radius 2 is 1.48 bits per heavy atom. The van der Waals surface area contributed by atoms with E-state index in [1.54, 1.807) is 13.8 Å². The first kappa shape index (κ1) is 24.8. The summed E-state index contributed by atoms with van der Waals surface area (Å²) < 4.78 is 36.0. The highest BCUT2D eigenvalue weighted by Crippen LogP contribution is 2.36. The summed E-state index contributed by atoms with van der Waals surface area (Å²) in [5, 5.41) is 2.07. The van der Waals surface area contributed by atoms with Gasteiger partial charge in [0.25, 0.3) is 8.32 Å². The molecule has 0 spiro atoms. The summed E-state index contributed by atoms with van der Waals surface area (Å²) >= 11 is 0. The molecule has 0 fully saturated rings. The molecule has 2 aromatic carbocycles. The van der Waals surface area contributed by atoms with E-state index in [9.17, 15) is 13.6 Å². The van der Waals surface area contributed by atoms with E-state index in [4.69, 9.17) is 4.43 Å². The fourth-order valence-corrected chi connectivity index (χ4v) is 8.33. The Hall–Kier alpha value is -2.51. The van der Waals surface area contributed by atoms with Crippen LogP contribution in [0.15, 0.2) is 73.0 Å². The first-order valence-electron chi connectivity index (χ1n) is 10.3. The van der Waals surface area contributed by atoms with Gasteiger partial charge in [0.15, 0.2) is 6.26 Å². The molecule has 0 atom stereocenters. The number of halogens is 2. The predicted octanol–water partition coefficient (Wildman–Crippen LogP) is 5.15. The zero-order chi connectivity index (χ0) is 23.1. The highest BCUT2D eigenvalue weighted by Gasteiger charge is 2.50. The van der Waals surface area contributed by atoms with E-state index in [2.05, 4.69) is 49.8 Å². The van der Waals surface area contributed by atoms with E-state index in [1.807, 2.05) is 36.4 Å². The fraction of sp³-hybridized carbons (Fsp3) is 0.375. The summed E-state index contributed by atoms with van der Waals surface area (Å²) in [6.45, 7) is 10.6. The molecule has 0 radical (unpaired) electrons. The maximum absolute atomic E-state index is 12.3. The molecule has 0 aliphatic carbocycles. The number of ether oxygens (including phenoxy) is 1. The van der Waals surface area contributed by atoms with Gasteiger partial charge in [-0.1, -0.05) is 81.4 Å². The molecule has 0 N–H and O–H groups in total. The van der Waals surface area contributed by atoms with Crippen LogP contribution in [0.2, 0.25) is 5.04 Å². The van der Waals surface area contributed by atoms with E-state index in [0.29, 0.717) is 0 Å².